The monoisotopic (exact) mass is 230 g/mol. The van der Waals surface area contributed by atoms with Gasteiger partial charge < -0.3 is 5.11 Å². The van der Waals surface area contributed by atoms with Gasteiger partial charge in [0.2, 0.25) is 0 Å². The molecule has 2 aliphatic carbocycles. The number of hydrogen-bond donors (Lipinski definition) is 1. The van der Waals surface area contributed by atoms with Crippen molar-refractivity contribution in [2.45, 2.75) is 62.9 Å². The van der Waals surface area contributed by atoms with E-state index in [9.17, 15) is 5.11 Å². The molecule has 2 fully saturated rings. The molecule has 0 spiro atoms. The fourth-order valence-electron chi connectivity index (χ4n) is 3.42. The lowest BCUT2D eigenvalue weighted by Gasteiger charge is -2.33. The molecule has 17 heavy (non-hydrogen) atoms. The summed E-state index contributed by atoms with van der Waals surface area (Å²) in [4.78, 5) is 0. The molecule has 0 heterocycles. The molecule has 0 bridgehead atoms. The fourth-order valence-corrected chi connectivity index (χ4v) is 3.42. The summed E-state index contributed by atoms with van der Waals surface area (Å²) in [7, 11) is 0. The highest BCUT2D eigenvalue weighted by Gasteiger charge is 2.27. The van der Waals surface area contributed by atoms with E-state index in [4.69, 9.17) is 0 Å². The van der Waals surface area contributed by atoms with Gasteiger partial charge in [0.05, 0.1) is 6.10 Å². The first-order valence-corrected chi connectivity index (χ1v) is 7.11. The van der Waals surface area contributed by atoms with Gasteiger partial charge in [0, 0.05) is 0 Å². The van der Waals surface area contributed by atoms with Crippen molar-refractivity contribution < 1.29 is 5.11 Å². The molecule has 0 saturated heterocycles. The molecule has 1 nitrogen and oxygen atoms in total. The third-order valence-corrected chi connectivity index (χ3v) is 4.63. The molecule has 2 aliphatic rings. The lowest BCUT2D eigenvalue weighted by Crippen LogP contribution is -2.20. The average molecular weight is 230 g/mol. The lowest BCUT2D eigenvalue weighted by molar-refractivity contribution is 0.119. The summed E-state index contributed by atoms with van der Waals surface area (Å²) in [5, 5.41) is 9.84. The Hall–Kier alpha value is -0.820. The Morgan fingerprint density at radius 2 is 1.41 bits per heavy atom. The van der Waals surface area contributed by atoms with E-state index in [1.807, 2.05) is 0 Å². The number of benzene rings is 1. The zero-order chi connectivity index (χ0) is 11.7. The van der Waals surface area contributed by atoms with E-state index < -0.39 is 0 Å². The first kappa shape index (κ1) is 11.3. The van der Waals surface area contributed by atoms with Crippen LogP contribution in [0, 0.1) is 0 Å². The molecule has 2 unspecified atom stereocenters. The van der Waals surface area contributed by atoms with Crippen LogP contribution in [0.25, 0.3) is 0 Å². The van der Waals surface area contributed by atoms with Crippen molar-refractivity contribution in [2.24, 2.45) is 0 Å². The van der Waals surface area contributed by atoms with Gasteiger partial charge in [0.25, 0.3) is 0 Å². The largest absolute Gasteiger partial charge is 0.393 e. The highest BCUT2D eigenvalue weighted by Crippen LogP contribution is 2.42. The molecular weight excluding hydrogens is 208 g/mol. The molecule has 0 radical (unpaired) electrons. The van der Waals surface area contributed by atoms with Crippen molar-refractivity contribution in [3.05, 3.63) is 35.4 Å². The zero-order valence-corrected chi connectivity index (χ0v) is 10.4. The Kier molecular flexibility index (Phi) is 3.19. The van der Waals surface area contributed by atoms with Gasteiger partial charge in [-0.1, -0.05) is 37.1 Å². The van der Waals surface area contributed by atoms with Crippen LogP contribution in [0.1, 0.15) is 67.9 Å². The second-order valence-corrected chi connectivity index (χ2v) is 5.77. The van der Waals surface area contributed by atoms with Crippen LogP contribution in [0.2, 0.25) is 0 Å². The third kappa shape index (κ3) is 2.26. The van der Waals surface area contributed by atoms with Crippen LogP contribution in [-0.2, 0) is 0 Å². The van der Waals surface area contributed by atoms with Gasteiger partial charge in [-0.3, -0.25) is 0 Å². The number of aliphatic hydroxyl groups is 1. The molecule has 92 valence electrons. The van der Waals surface area contributed by atoms with Gasteiger partial charge in [-0.15, -0.1) is 0 Å². The maximum atomic E-state index is 9.84. The molecule has 2 saturated carbocycles. The van der Waals surface area contributed by atoms with Crippen LogP contribution < -0.4 is 0 Å². The van der Waals surface area contributed by atoms with Gasteiger partial charge >= 0.3 is 0 Å². The van der Waals surface area contributed by atoms with Crippen molar-refractivity contribution in [2.75, 3.05) is 0 Å². The van der Waals surface area contributed by atoms with E-state index in [1.165, 1.54) is 37.7 Å². The molecule has 0 aliphatic heterocycles. The van der Waals surface area contributed by atoms with Crippen molar-refractivity contribution in [3.63, 3.8) is 0 Å². The minimum absolute atomic E-state index is 0.0665. The summed E-state index contributed by atoms with van der Waals surface area (Å²) in [5.74, 6) is 1.42. The first-order valence-electron chi connectivity index (χ1n) is 7.11. The Bertz CT molecular complexity index is 381. The first-order chi connectivity index (χ1) is 8.34. The molecule has 1 heteroatoms. The van der Waals surface area contributed by atoms with Crippen LogP contribution >= 0.6 is 0 Å². The van der Waals surface area contributed by atoms with Crippen LogP contribution in [0.4, 0.5) is 0 Å². The number of hydrogen-bond acceptors (Lipinski definition) is 1. The summed E-state index contributed by atoms with van der Waals surface area (Å²) in [6.07, 6.45) is 8.49. The minimum atomic E-state index is -0.0665. The van der Waals surface area contributed by atoms with Crippen LogP contribution in [0.5, 0.6) is 0 Å². The molecule has 2 atom stereocenters. The normalized spacial score (nSPS) is 29.9. The quantitative estimate of drug-likeness (QED) is 0.815. The minimum Gasteiger partial charge on any atom is -0.393 e. The van der Waals surface area contributed by atoms with E-state index in [0.717, 1.165) is 18.8 Å². The topological polar surface area (TPSA) is 20.2 Å². The summed E-state index contributed by atoms with van der Waals surface area (Å²) in [6.45, 7) is 0. The molecule has 1 aromatic rings. The Morgan fingerprint density at radius 1 is 0.824 bits per heavy atom. The molecule has 3 rings (SSSR count). The molecule has 0 amide bonds. The average Bonchev–Trinajstić information content (AvgIpc) is 2.27. The molecule has 1 aromatic carbocycles. The van der Waals surface area contributed by atoms with Gasteiger partial charge in [-0.05, 0) is 55.1 Å². The van der Waals surface area contributed by atoms with Crippen molar-refractivity contribution in [1.82, 2.24) is 0 Å². The van der Waals surface area contributed by atoms with Crippen molar-refractivity contribution in [3.8, 4) is 0 Å². The maximum Gasteiger partial charge on any atom is 0.0546 e. The highest BCUT2D eigenvalue weighted by atomic mass is 16.3. The van der Waals surface area contributed by atoms with E-state index in [-0.39, 0.29) is 6.10 Å². The van der Waals surface area contributed by atoms with E-state index in [1.54, 1.807) is 5.56 Å². The third-order valence-electron chi connectivity index (χ3n) is 4.63. The molecule has 1 N–H and O–H groups in total. The second kappa shape index (κ2) is 4.81. The summed E-state index contributed by atoms with van der Waals surface area (Å²) in [5.41, 5.74) is 3.12. The summed E-state index contributed by atoms with van der Waals surface area (Å²) in [6, 6.07) is 8.96. The SMILES string of the molecule is OC1CCCC(c2ccccc2C2CCC2)C1. The Labute approximate surface area is 104 Å². The van der Waals surface area contributed by atoms with E-state index >= 15 is 0 Å². The number of rotatable bonds is 2. The van der Waals surface area contributed by atoms with Crippen molar-refractivity contribution >= 4 is 0 Å². The van der Waals surface area contributed by atoms with Gasteiger partial charge in [0.1, 0.15) is 0 Å². The van der Waals surface area contributed by atoms with Gasteiger partial charge in [-0.2, -0.15) is 0 Å². The van der Waals surface area contributed by atoms with Crippen molar-refractivity contribution in [1.29, 1.82) is 0 Å². The lowest BCUT2D eigenvalue weighted by atomic mass is 9.73. The fraction of sp³-hybridized carbons (Fsp3) is 0.625. The zero-order valence-electron chi connectivity index (χ0n) is 10.4. The van der Waals surface area contributed by atoms with Crippen LogP contribution in [0.3, 0.4) is 0 Å². The highest BCUT2D eigenvalue weighted by molar-refractivity contribution is 5.34. The van der Waals surface area contributed by atoms with Crippen LogP contribution in [0.15, 0.2) is 24.3 Å². The van der Waals surface area contributed by atoms with E-state index in [2.05, 4.69) is 24.3 Å². The standard InChI is InChI=1S/C16H22O/c17-14-8-4-7-13(11-14)16-10-2-1-9-15(16)12-5-3-6-12/h1-2,9-10,12-14,17H,3-8,11H2. The smallest absolute Gasteiger partial charge is 0.0546 e. The van der Waals surface area contributed by atoms with Gasteiger partial charge in [-0.25, -0.2) is 0 Å². The Morgan fingerprint density at radius 3 is 2.00 bits per heavy atom. The second-order valence-electron chi connectivity index (χ2n) is 5.77. The summed E-state index contributed by atoms with van der Waals surface area (Å²) < 4.78 is 0. The van der Waals surface area contributed by atoms with Crippen LogP contribution in [-0.4, -0.2) is 11.2 Å². The predicted molar refractivity (Wildman–Crippen MR) is 70.2 cm³/mol. The number of aliphatic hydroxyl groups excluding tert-OH is 1. The van der Waals surface area contributed by atoms with Gasteiger partial charge in [0.15, 0.2) is 0 Å². The molecular formula is C16H22O. The summed E-state index contributed by atoms with van der Waals surface area (Å²) >= 11 is 0. The Balaban J connectivity index is 1.85. The van der Waals surface area contributed by atoms with E-state index in [0.29, 0.717) is 5.92 Å². The molecule has 0 aromatic heterocycles. The maximum absolute atomic E-state index is 9.84. The predicted octanol–water partition coefficient (Wildman–Crippen LogP) is 3.97.